The molecule has 0 spiro atoms. The summed E-state index contributed by atoms with van der Waals surface area (Å²) in [6.07, 6.45) is 0. The predicted octanol–water partition coefficient (Wildman–Crippen LogP) is 23.7. The van der Waals surface area contributed by atoms with Gasteiger partial charge in [-0.25, -0.2) is 80.2 Å². The average Bonchev–Trinajstić information content (AvgIpc) is 1.63. The van der Waals surface area contributed by atoms with E-state index in [1.165, 1.54) is 115 Å². The van der Waals surface area contributed by atoms with Crippen LogP contribution in [0.3, 0.4) is 0 Å². The summed E-state index contributed by atoms with van der Waals surface area (Å²) < 4.78 is 197. The Morgan fingerprint density at radius 2 is 0.567 bits per heavy atom. The SMILES string of the molecule is COc1cc(-c2csc(N3CCN(S(=O)(=O)c4ccccc4Br)CC3)n2)cc(OC)c1OC.Cc1cc(C)c(-c2csc(N3CCN(S(=O)(=O)c4ccccc4Br)CC3)n2)c(C)c1.O=S(=O)(c1ccccc1Br)N1CCN(c2nc(-c3cc(F)cc(Cl)c3)cs2)CC1.O=S(=O)(c1ccccc1Br)N1CCN(c2nc(-c3ccc(Cl)c(F)c3)cs2)CC1.O=S(=O)(c1ccccc1Br)N1CCN(c2nc(-c3ccc(F)c(Cl)c3)cs2)CC1. The van der Waals surface area contributed by atoms with Gasteiger partial charge >= 0.3 is 0 Å². The highest BCUT2D eigenvalue weighted by Gasteiger charge is 2.38. The number of hydrogen-bond donors (Lipinski definition) is 0. The summed E-state index contributed by atoms with van der Waals surface area (Å²) in [5, 5.41) is 14.3. The first-order valence-electron chi connectivity index (χ1n) is 46.2. The second-order valence-corrected chi connectivity index (χ2v) is 53.5. The monoisotopic (exact) mass is 2600 g/mol. The van der Waals surface area contributed by atoms with Crippen molar-refractivity contribution in [1.29, 1.82) is 0 Å². The molecule has 5 aliphatic heterocycles. The average molecular weight is 2610 g/mol. The number of nitrogens with zero attached hydrogens (tertiary/aromatic N) is 15. The van der Waals surface area contributed by atoms with Gasteiger partial charge in [-0.2, -0.15) is 21.5 Å². The van der Waals surface area contributed by atoms with Crippen molar-refractivity contribution in [3.63, 3.8) is 0 Å². The Morgan fingerprint density at radius 1 is 0.293 bits per heavy atom. The Bertz CT molecular complexity index is 7770. The Labute approximate surface area is 947 Å². The van der Waals surface area contributed by atoms with Gasteiger partial charge in [0.1, 0.15) is 17.5 Å². The van der Waals surface area contributed by atoms with Gasteiger partial charge in [-0.15, -0.1) is 56.7 Å². The fourth-order valence-electron chi connectivity index (χ4n) is 17.1. The molecule has 0 radical (unpaired) electrons. The number of anilines is 5. The Balaban J connectivity index is 0.000000134. The number of benzene rings is 10. The summed E-state index contributed by atoms with van der Waals surface area (Å²) in [5.74, 6) is 0.298. The second-order valence-electron chi connectivity index (χ2n) is 34.3. The van der Waals surface area contributed by atoms with Gasteiger partial charge in [0, 0.05) is 213 Å². The van der Waals surface area contributed by atoms with Gasteiger partial charge in [0.05, 0.1) is 84.3 Å². The molecule has 15 aromatic rings. The van der Waals surface area contributed by atoms with Crippen molar-refractivity contribution in [2.45, 2.75) is 45.2 Å². The van der Waals surface area contributed by atoms with Crippen LogP contribution in [0.15, 0.2) is 274 Å². The van der Waals surface area contributed by atoms with Crippen molar-refractivity contribution in [2.75, 3.05) is 177 Å². The summed E-state index contributed by atoms with van der Waals surface area (Å²) in [4.78, 5) is 35.3. The molecule has 0 atom stereocenters. The molecule has 0 N–H and O–H groups in total. The summed E-state index contributed by atoms with van der Waals surface area (Å²) in [6.45, 7) is 15.8. The molecule has 10 aromatic carbocycles. The van der Waals surface area contributed by atoms with Crippen LogP contribution in [0.5, 0.6) is 17.2 Å². The van der Waals surface area contributed by atoms with E-state index in [0.29, 0.717) is 203 Å². The summed E-state index contributed by atoms with van der Waals surface area (Å²) >= 11 is 41.7. The maximum atomic E-state index is 13.7. The van der Waals surface area contributed by atoms with E-state index < -0.39 is 67.6 Å². The molecule has 0 saturated carbocycles. The van der Waals surface area contributed by atoms with Crippen molar-refractivity contribution < 1.29 is 69.5 Å². The number of thiazole rings is 5. The van der Waals surface area contributed by atoms with Crippen LogP contribution in [-0.4, -0.2) is 241 Å². The highest BCUT2D eigenvalue weighted by molar-refractivity contribution is 9.11. The number of methoxy groups -OCH3 is 3. The number of hydrogen-bond acceptors (Lipinski definition) is 28. The lowest BCUT2D eigenvalue weighted by atomic mass is 9.98. The van der Waals surface area contributed by atoms with Crippen LogP contribution in [0.4, 0.5) is 38.8 Å². The van der Waals surface area contributed by atoms with Crippen LogP contribution in [0.2, 0.25) is 15.1 Å². The lowest BCUT2D eigenvalue weighted by Gasteiger charge is -2.34. The van der Waals surface area contributed by atoms with E-state index in [2.05, 4.69) is 148 Å². The molecule has 5 aliphatic rings. The van der Waals surface area contributed by atoms with E-state index in [9.17, 15) is 55.3 Å². The van der Waals surface area contributed by atoms with Gasteiger partial charge < -0.3 is 38.7 Å². The highest BCUT2D eigenvalue weighted by atomic mass is 79.9. The third-order valence-corrected chi connectivity index (χ3v) is 44.6. The Morgan fingerprint density at radius 3 is 0.847 bits per heavy atom. The van der Waals surface area contributed by atoms with Crippen molar-refractivity contribution in [3.8, 4) is 73.5 Å². The van der Waals surface area contributed by atoms with Crippen LogP contribution in [-0.2, 0) is 50.1 Å². The first-order chi connectivity index (χ1) is 71.7. The Hall–Kier alpha value is -8.64. The topological polar surface area (TPSA) is 295 Å². The summed E-state index contributed by atoms with van der Waals surface area (Å²) in [5.41, 5.74) is 11.6. The largest absolute Gasteiger partial charge is 0.493 e. The molecule has 49 heteroatoms. The van der Waals surface area contributed by atoms with E-state index in [4.69, 9.17) is 59.0 Å². The number of sulfonamides is 5. The molecule has 0 unspecified atom stereocenters. The van der Waals surface area contributed by atoms with Crippen LogP contribution in [0.1, 0.15) is 16.7 Å². The molecular formula is C101H96Br5Cl3F3N15O13S10. The standard InChI is InChI=1S/C22H24BrN3O5S2.C22H24BrN3O2S2.3C19H16BrClFN3O2S2/c1-29-18-12-15(13-19(30-2)21(18)31-3)17-14-32-22(24-17)25-8-10-26(11-9-25)33(27,28)20-7-5-4-6-16(20)23;1-15-12-16(2)21(17(3)13-15)19-14-29-22(24-19)25-8-10-26(11-9-25)30(27,28)20-7-5-4-6-18(20)23;20-16-3-1-2-4-18(16)29(26,27)25-7-5-24(6-8-25)19-23-17(12-28-19)13-9-14(21)11-15(22)10-13;20-14-3-1-2-4-18(14)29(26,27)25-9-7-24(8-10-25)19-23-17(12-28-19)13-5-6-16(22)15(21)11-13;20-14-3-1-2-4-18(14)29(26,27)25-9-7-24(8-10-25)19-23-17(12-28-19)13-5-6-15(21)16(22)11-13/h4-7,12-14H,8-11H2,1-3H3;4-7,12-14H,8-11H2,1-3H3;1-4,9-12H,5-8H2;2*1-6,11-12H,7-10H2. The minimum Gasteiger partial charge on any atom is -0.493 e. The highest BCUT2D eigenvalue weighted by Crippen LogP contribution is 2.45. The first-order valence-corrected chi connectivity index (χ1v) is 62.9. The fourth-order valence-corrected chi connectivity index (χ4v) is 34.0. The summed E-state index contributed by atoms with van der Waals surface area (Å²) in [6, 6.07) is 55.9. The van der Waals surface area contributed by atoms with E-state index in [1.807, 2.05) is 49.5 Å². The summed E-state index contributed by atoms with van der Waals surface area (Å²) in [7, 11) is -13.0. The minimum atomic E-state index is -3.56. The van der Waals surface area contributed by atoms with Crippen molar-refractivity contribution in [2.24, 2.45) is 0 Å². The molecule has 5 saturated heterocycles. The van der Waals surface area contributed by atoms with Crippen LogP contribution in [0, 0.1) is 38.2 Å². The molecule has 0 bridgehead atoms. The van der Waals surface area contributed by atoms with E-state index in [-0.39, 0.29) is 29.6 Å². The fraction of sp³-hybridized carbons (Fsp3) is 0.257. The van der Waals surface area contributed by atoms with E-state index in [1.54, 1.807) is 176 Å². The van der Waals surface area contributed by atoms with Gasteiger partial charge in [-0.05, 0) is 233 Å². The lowest BCUT2D eigenvalue weighted by Crippen LogP contribution is -2.48. The number of ether oxygens (including phenoxy) is 3. The van der Waals surface area contributed by atoms with E-state index in [0.717, 1.165) is 53.9 Å². The first kappa shape index (κ1) is 114. The molecule has 20 rings (SSSR count). The molecule has 5 aromatic heterocycles. The molecule has 0 amide bonds. The van der Waals surface area contributed by atoms with Gasteiger partial charge in [0.2, 0.25) is 55.9 Å². The molecule has 10 heterocycles. The maximum Gasteiger partial charge on any atom is 0.244 e. The number of piperazine rings is 5. The maximum absolute atomic E-state index is 13.7. The molecule has 28 nitrogen and oxygen atoms in total. The number of rotatable bonds is 23. The van der Waals surface area contributed by atoms with Crippen molar-refractivity contribution in [1.82, 2.24) is 46.4 Å². The zero-order valence-corrected chi connectivity index (χ0v) is 99.2. The van der Waals surface area contributed by atoms with Crippen molar-refractivity contribution in [3.05, 3.63) is 299 Å². The minimum absolute atomic E-state index is 0.0583. The predicted molar refractivity (Wildman–Crippen MR) is 612 cm³/mol. The van der Waals surface area contributed by atoms with Crippen molar-refractivity contribution >= 4 is 247 Å². The molecule has 150 heavy (non-hydrogen) atoms. The van der Waals surface area contributed by atoms with Gasteiger partial charge in [0.25, 0.3) is 0 Å². The lowest BCUT2D eigenvalue weighted by molar-refractivity contribution is 0.324. The van der Waals surface area contributed by atoms with Crippen LogP contribution >= 0.6 is 171 Å². The van der Waals surface area contributed by atoms with Gasteiger partial charge in [-0.1, -0.05) is 119 Å². The molecule has 0 aliphatic carbocycles. The quantitative estimate of drug-likeness (QED) is 0.0574. The Kier molecular flexibility index (Phi) is 38.0. The number of halogens is 11. The number of aryl methyl sites for hydroxylation is 3. The zero-order chi connectivity index (χ0) is 107. The normalized spacial score (nSPS) is 15.4. The van der Waals surface area contributed by atoms with Crippen LogP contribution in [0.25, 0.3) is 56.3 Å². The molecule has 790 valence electrons. The van der Waals surface area contributed by atoms with Gasteiger partial charge in [-0.3, -0.25) is 0 Å². The second kappa shape index (κ2) is 50.1. The van der Waals surface area contributed by atoms with Gasteiger partial charge in [0.15, 0.2) is 37.2 Å². The third-order valence-electron chi connectivity index (χ3n) is 24.8. The van der Waals surface area contributed by atoms with Crippen LogP contribution < -0.4 is 38.7 Å². The molecule has 5 fully saturated rings. The third kappa shape index (κ3) is 26.5. The number of aromatic nitrogens is 5. The smallest absolute Gasteiger partial charge is 0.244 e. The zero-order valence-electron chi connectivity index (χ0n) is 80.8. The molecular weight excluding hydrogens is 2510 g/mol. The van der Waals surface area contributed by atoms with E-state index >= 15 is 0 Å².